The number of carboxylic acids is 1. The fraction of sp³-hybridized carbons (Fsp3) is 0.154. The number of pyridine rings is 1. The largest absolute Gasteiger partial charge is 0.497 e. The lowest BCUT2D eigenvalue weighted by Gasteiger charge is -2.10. The van der Waals surface area contributed by atoms with Crippen molar-refractivity contribution in [3.63, 3.8) is 0 Å². The average molecular weight is 434 g/mol. The van der Waals surface area contributed by atoms with Crippen LogP contribution in [0, 0.1) is 6.92 Å². The number of methoxy groups -OCH3 is 1. The number of allylic oxidation sites excluding steroid dienone is 3. The summed E-state index contributed by atoms with van der Waals surface area (Å²) in [5.41, 5.74) is 5.07. The number of hydrogen-bond donors (Lipinski definition) is 1. The number of aliphatic carboxylic acids is 1. The van der Waals surface area contributed by atoms with E-state index < -0.39 is 5.97 Å². The van der Waals surface area contributed by atoms with Crippen LogP contribution in [0.25, 0.3) is 22.3 Å². The van der Waals surface area contributed by atoms with Crippen molar-refractivity contribution < 1.29 is 14.6 Å². The number of halogens is 1. The number of aryl methyl sites for hydroxylation is 1. The third kappa shape index (κ3) is 5.41. The van der Waals surface area contributed by atoms with Crippen LogP contribution in [0.1, 0.15) is 30.2 Å². The molecule has 5 heteroatoms. The first-order chi connectivity index (χ1) is 14.9. The van der Waals surface area contributed by atoms with Crippen molar-refractivity contribution in [1.82, 2.24) is 4.98 Å². The molecular weight excluding hydrogens is 410 g/mol. The van der Waals surface area contributed by atoms with Gasteiger partial charge in [0.2, 0.25) is 0 Å². The van der Waals surface area contributed by atoms with E-state index in [1.807, 2.05) is 62.4 Å². The van der Waals surface area contributed by atoms with Gasteiger partial charge < -0.3 is 9.84 Å². The summed E-state index contributed by atoms with van der Waals surface area (Å²) in [6.45, 7) is 3.87. The maximum absolute atomic E-state index is 12.1. The van der Waals surface area contributed by atoms with E-state index in [1.54, 1.807) is 31.5 Å². The fourth-order valence-corrected chi connectivity index (χ4v) is 3.44. The standard InChI is InChI=1S/C26H24ClNO3/c1-4-5-19(14-24(26(29)30)23-15-21(27)10-6-17(23)2)25-13-9-20(16-28-25)18-7-11-22(31-3)12-8-18/h5-16H,4H2,1-3H3,(H,29,30)/b19-5-,24-14+. The second-order valence-electron chi connectivity index (χ2n) is 7.05. The zero-order chi connectivity index (χ0) is 22.4. The Labute approximate surface area is 187 Å². The van der Waals surface area contributed by atoms with E-state index >= 15 is 0 Å². The molecule has 3 aromatic rings. The number of aromatic nitrogens is 1. The molecule has 0 aliphatic heterocycles. The molecule has 31 heavy (non-hydrogen) atoms. The van der Waals surface area contributed by atoms with Crippen molar-refractivity contribution in [3.8, 4) is 16.9 Å². The van der Waals surface area contributed by atoms with E-state index in [0.717, 1.165) is 34.4 Å². The van der Waals surface area contributed by atoms with Crippen LogP contribution in [0.2, 0.25) is 5.02 Å². The smallest absolute Gasteiger partial charge is 0.336 e. The van der Waals surface area contributed by atoms with Crippen molar-refractivity contribution in [2.24, 2.45) is 0 Å². The lowest BCUT2D eigenvalue weighted by molar-refractivity contribution is -0.130. The van der Waals surface area contributed by atoms with Gasteiger partial charge in [-0.1, -0.05) is 48.9 Å². The van der Waals surface area contributed by atoms with Gasteiger partial charge in [0.15, 0.2) is 0 Å². The van der Waals surface area contributed by atoms with E-state index in [0.29, 0.717) is 16.3 Å². The van der Waals surface area contributed by atoms with E-state index in [9.17, 15) is 9.90 Å². The molecule has 0 amide bonds. The molecule has 4 nitrogen and oxygen atoms in total. The summed E-state index contributed by atoms with van der Waals surface area (Å²) in [6.07, 6.45) is 6.17. The summed E-state index contributed by atoms with van der Waals surface area (Å²) >= 11 is 6.12. The highest BCUT2D eigenvalue weighted by Gasteiger charge is 2.15. The molecule has 1 heterocycles. The van der Waals surface area contributed by atoms with E-state index in [4.69, 9.17) is 16.3 Å². The molecule has 0 fully saturated rings. The molecule has 0 atom stereocenters. The van der Waals surface area contributed by atoms with Gasteiger partial charge in [-0.3, -0.25) is 4.98 Å². The van der Waals surface area contributed by atoms with Crippen LogP contribution >= 0.6 is 11.6 Å². The van der Waals surface area contributed by atoms with Gasteiger partial charge in [0.05, 0.1) is 18.4 Å². The molecule has 0 aliphatic carbocycles. The minimum Gasteiger partial charge on any atom is -0.497 e. The first-order valence-corrected chi connectivity index (χ1v) is 10.3. The molecular formula is C26H24ClNO3. The maximum atomic E-state index is 12.1. The highest BCUT2D eigenvalue weighted by Crippen LogP contribution is 2.28. The Morgan fingerprint density at radius 1 is 1.10 bits per heavy atom. The molecule has 0 aliphatic rings. The van der Waals surface area contributed by atoms with Crippen molar-refractivity contribution in [3.05, 3.63) is 94.8 Å². The molecule has 0 unspecified atom stereocenters. The highest BCUT2D eigenvalue weighted by atomic mass is 35.5. The third-order valence-corrected chi connectivity index (χ3v) is 5.16. The Balaban J connectivity index is 1.99. The van der Waals surface area contributed by atoms with E-state index in [2.05, 4.69) is 4.98 Å². The number of hydrogen-bond acceptors (Lipinski definition) is 3. The Hall–Kier alpha value is -3.37. The topological polar surface area (TPSA) is 59.4 Å². The predicted molar refractivity (Wildman–Crippen MR) is 126 cm³/mol. The molecule has 0 bridgehead atoms. The Morgan fingerprint density at radius 2 is 1.81 bits per heavy atom. The zero-order valence-electron chi connectivity index (χ0n) is 17.7. The summed E-state index contributed by atoms with van der Waals surface area (Å²) in [7, 11) is 1.64. The second-order valence-corrected chi connectivity index (χ2v) is 7.49. The molecule has 0 saturated heterocycles. The molecule has 0 spiro atoms. The van der Waals surface area contributed by atoms with Crippen LogP contribution in [0.15, 0.2) is 72.9 Å². The number of nitrogens with zero attached hydrogens (tertiary/aromatic N) is 1. The number of carboxylic acid groups (broad SMARTS) is 1. The zero-order valence-corrected chi connectivity index (χ0v) is 18.5. The lowest BCUT2D eigenvalue weighted by atomic mass is 9.97. The molecule has 1 N–H and O–H groups in total. The Kier molecular flexibility index (Phi) is 7.27. The van der Waals surface area contributed by atoms with Crippen LogP contribution in [-0.2, 0) is 4.79 Å². The lowest BCUT2D eigenvalue weighted by Crippen LogP contribution is -2.03. The summed E-state index contributed by atoms with van der Waals surface area (Å²) in [5, 5.41) is 10.4. The van der Waals surface area contributed by atoms with Crippen LogP contribution in [0.3, 0.4) is 0 Å². The van der Waals surface area contributed by atoms with Crippen LogP contribution in [-0.4, -0.2) is 23.2 Å². The van der Waals surface area contributed by atoms with Crippen molar-refractivity contribution >= 4 is 28.7 Å². The first kappa shape index (κ1) is 22.3. The number of ether oxygens (including phenoxy) is 1. The predicted octanol–water partition coefficient (Wildman–Crippen LogP) is 6.68. The number of rotatable bonds is 7. The van der Waals surface area contributed by atoms with Crippen molar-refractivity contribution in [2.75, 3.05) is 7.11 Å². The Bertz CT molecular complexity index is 1130. The third-order valence-electron chi connectivity index (χ3n) is 4.93. The number of carbonyl (C=O) groups is 1. The van der Waals surface area contributed by atoms with E-state index in [-0.39, 0.29) is 5.57 Å². The van der Waals surface area contributed by atoms with Crippen LogP contribution in [0.4, 0.5) is 0 Å². The van der Waals surface area contributed by atoms with Gasteiger partial charge in [-0.25, -0.2) is 4.79 Å². The van der Waals surface area contributed by atoms with Gasteiger partial charge in [0, 0.05) is 16.8 Å². The summed E-state index contributed by atoms with van der Waals surface area (Å²) in [6, 6.07) is 16.9. The van der Waals surface area contributed by atoms with Gasteiger partial charge in [0.1, 0.15) is 5.75 Å². The second kappa shape index (κ2) is 10.1. The van der Waals surface area contributed by atoms with Crippen LogP contribution in [0.5, 0.6) is 5.75 Å². The minimum atomic E-state index is -1.01. The molecule has 158 valence electrons. The number of benzene rings is 2. The van der Waals surface area contributed by atoms with Gasteiger partial charge in [0.25, 0.3) is 0 Å². The average Bonchev–Trinajstić information content (AvgIpc) is 2.78. The molecule has 3 rings (SSSR count). The van der Waals surface area contributed by atoms with Gasteiger partial charge >= 0.3 is 5.97 Å². The normalized spacial score (nSPS) is 12.0. The minimum absolute atomic E-state index is 0.181. The summed E-state index contributed by atoms with van der Waals surface area (Å²) in [5.74, 6) is -0.216. The van der Waals surface area contributed by atoms with Gasteiger partial charge in [-0.2, -0.15) is 0 Å². The SMILES string of the molecule is CC/C=C(/C=C(/C(=O)O)c1cc(Cl)ccc1C)c1ccc(-c2ccc(OC)cc2)cn1. The quantitative estimate of drug-likeness (QED) is 0.333. The summed E-state index contributed by atoms with van der Waals surface area (Å²) < 4.78 is 5.21. The Morgan fingerprint density at radius 3 is 2.39 bits per heavy atom. The summed E-state index contributed by atoms with van der Waals surface area (Å²) in [4.78, 5) is 16.7. The van der Waals surface area contributed by atoms with Gasteiger partial charge in [-0.05, 0) is 72.0 Å². The molecule has 1 aromatic heterocycles. The fourth-order valence-electron chi connectivity index (χ4n) is 3.27. The van der Waals surface area contributed by atoms with Crippen molar-refractivity contribution in [1.29, 1.82) is 0 Å². The van der Waals surface area contributed by atoms with E-state index in [1.165, 1.54) is 0 Å². The monoisotopic (exact) mass is 433 g/mol. The first-order valence-electron chi connectivity index (χ1n) is 9.95. The van der Waals surface area contributed by atoms with Crippen LogP contribution < -0.4 is 4.74 Å². The van der Waals surface area contributed by atoms with Gasteiger partial charge in [-0.15, -0.1) is 0 Å². The molecule has 2 aromatic carbocycles. The molecule has 0 saturated carbocycles. The highest BCUT2D eigenvalue weighted by molar-refractivity contribution is 6.31. The maximum Gasteiger partial charge on any atom is 0.336 e. The van der Waals surface area contributed by atoms with Crippen molar-refractivity contribution in [2.45, 2.75) is 20.3 Å². The molecule has 0 radical (unpaired) electrons.